The normalized spacial score (nSPS) is 14.5. The maximum absolute atomic E-state index is 12.4. The Morgan fingerprint density at radius 2 is 2.00 bits per heavy atom. The van der Waals surface area contributed by atoms with E-state index in [1.165, 1.54) is 4.90 Å². The Labute approximate surface area is 140 Å². The van der Waals surface area contributed by atoms with Crippen LogP contribution in [0.1, 0.15) is 31.6 Å². The molecule has 128 valence electrons. The van der Waals surface area contributed by atoms with Crippen molar-refractivity contribution in [1.82, 2.24) is 20.2 Å². The average molecular weight is 349 g/mol. The van der Waals surface area contributed by atoms with E-state index < -0.39 is 21.5 Å². The summed E-state index contributed by atoms with van der Waals surface area (Å²) in [6, 6.07) is 9.21. The van der Waals surface area contributed by atoms with Gasteiger partial charge in [0.2, 0.25) is 5.91 Å². The number of amides is 1. The number of rotatable bonds is 7. The summed E-state index contributed by atoms with van der Waals surface area (Å²) >= 11 is 0. The van der Waals surface area contributed by atoms with Gasteiger partial charge in [-0.05, 0) is 42.3 Å². The van der Waals surface area contributed by atoms with Crippen molar-refractivity contribution in [2.24, 2.45) is 0 Å². The smallest absolute Gasteiger partial charge is 0.242 e. The van der Waals surface area contributed by atoms with E-state index in [1.54, 1.807) is 16.8 Å². The van der Waals surface area contributed by atoms with Gasteiger partial charge in [0.05, 0.1) is 6.04 Å². The summed E-state index contributed by atoms with van der Waals surface area (Å²) in [5.74, 6) is -1.04. The van der Waals surface area contributed by atoms with Crippen molar-refractivity contribution in [2.45, 2.75) is 31.6 Å². The van der Waals surface area contributed by atoms with Gasteiger partial charge in [-0.25, -0.2) is 13.1 Å². The van der Waals surface area contributed by atoms with Crippen molar-refractivity contribution in [3.63, 3.8) is 0 Å². The maximum Gasteiger partial charge on any atom is 0.242 e. The van der Waals surface area contributed by atoms with Crippen molar-refractivity contribution in [3.05, 3.63) is 36.2 Å². The molecule has 1 aliphatic carbocycles. The lowest BCUT2D eigenvalue weighted by atomic mass is 10.3. The van der Waals surface area contributed by atoms with Crippen LogP contribution in [0.2, 0.25) is 0 Å². The fraction of sp³-hybridized carbons (Fsp3) is 0.467. The van der Waals surface area contributed by atoms with Crippen molar-refractivity contribution in [2.75, 3.05) is 17.2 Å². The monoisotopic (exact) mass is 349 g/mol. The topological polar surface area (TPSA) is 98.1 Å². The molecule has 24 heavy (non-hydrogen) atoms. The molecule has 0 radical (unpaired) electrons. The van der Waals surface area contributed by atoms with Crippen LogP contribution in [-0.4, -0.2) is 46.8 Å². The highest BCUT2D eigenvalue weighted by atomic mass is 32.2. The van der Waals surface area contributed by atoms with Gasteiger partial charge in [0.25, 0.3) is 0 Å². The van der Waals surface area contributed by atoms with E-state index >= 15 is 0 Å². The zero-order valence-corrected chi connectivity index (χ0v) is 14.2. The zero-order valence-electron chi connectivity index (χ0n) is 13.4. The zero-order chi connectivity index (χ0) is 17.2. The van der Waals surface area contributed by atoms with Gasteiger partial charge in [-0.3, -0.25) is 4.79 Å². The van der Waals surface area contributed by atoms with Gasteiger partial charge in [0, 0.05) is 12.2 Å². The van der Waals surface area contributed by atoms with Crippen LogP contribution >= 0.6 is 0 Å². The van der Waals surface area contributed by atoms with Crippen LogP contribution in [0.25, 0.3) is 0 Å². The van der Waals surface area contributed by atoms with Gasteiger partial charge in [-0.2, -0.15) is 0 Å². The van der Waals surface area contributed by atoms with E-state index in [4.69, 9.17) is 0 Å². The van der Waals surface area contributed by atoms with Crippen LogP contribution in [0, 0.1) is 0 Å². The van der Waals surface area contributed by atoms with Crippen LogP contribution < -0.4 is 4.90 Å². The number of para-hydroxylation sites is 1. The van der Waals surface area contributed by atoms with Crippen molar-refractivity contribution >= 4 is 21.4 Å². The van der Waals surface area contributed by atoms with Gasteiger partial charge in [0.1, 0.15) is 11.5 Å². The molecule has 1 amide bonds. The second-order valence-corrected chi connectivity index (χ2v) is 7.84. The largest absolute Gasteiger partial charge is 0.312 e. The summed E-state index contributed by atoms with van der Waals surface area (Å²) in [4.78, 5) is 13.9. The average Bonchev–Trinajstić information content (AvgIpc) is 3.28. The molecule has 1 heterocycles. The Kier molecular flexibility index (Phi) is 4.61. The highest BCUT2D eigenvalue weighted by Crippen LogP contribution is 2.34. The molecule has 0 saturated heterocycles. The third kappa shape index (κ3) is 3.78. The molecule has 0 N–H and O–H groups in total. The second kappa shape index (κ2) is 6.68. The third-order valence-electron chi connectivity index (χ3n) is 3.83. The Balaban J connectivity index is 1.71. The quantitative estimate of drug-likeness (QED) is 0.739. The molecule has 0 unspecified atom stereocenters. The number of anilines is 1. The molecule has 1 aromatic heterocycles. The number of carbonyl (C=O) groups excluding carboxylic acids is 1. The van der Waals surface area contributed by atoms with Crippen LogP contribution in [0.3, 0.4) is 0 Å². The van der Waals surface area contributed by atoms with E-state index in [-0.39, 0.29) is 11.8 Å². The summed E-state index contributed by atoms with van der Waals surface area (Å²) in [5.41, 5.74) is 0.683. The van der Waals surface area contributed by atoms with E-state index in [9.17, 15) is 13.2 Å². The molecule has 1 fully saturated rings. The van der Waals surface area contributed by atoms with Gasteiger partial charge < -0.3 is 4.90 Å². The lowest BCUT2D eigenvalue weighted by Crippen LogP contribution is -2.36. The minimum Gasteiger partial charge on any atom is -0.312 e. The number of tetrazole rings is 1. The molecule has 1 saturated carbocycles. The fourth-order valence-electron chi connectivity index (χ4n) is 2.53. The SMILES string of the molecule is CCN(C(=O)CS(=O)(=O)Cc1nnnn1C1CC1)c1ccccc1. The highest BCUT2D eigenvalue weighted by molar-refractivity contribution is 7.91. The first-order valence-corrected chi connectivity index (χ1v) is 9.65. The summed E-state index contributed by atoms with van der Waals surface area (Å²) in [5, 5.41) is 11.2. The molecule has 0 bridgehead atoms. The number of benzene rings is 1. The van der Waals surface area contributed by atoms with Crippen LogP contribution in [0.15, 0.2) is 30.3 Å². The molecule has 2 aromatic rings. The molecule has 1 aromatic carbocycles. The first-order chi connectivity index (χ1) is 11.5. The van der Waals surface area contributed by atoms with Gasteiger partial charge in [-0.1, -0.05) is 18.2 Å². The molecular weight excluding hydrogens is 330 g/mol. The van der Waals surface area contributed by atoms with Crippen molar-refractivity contribution in [1.29, 1.82) is 0 Å². The highest BCUT2D eigenvalue weighted by Gasteiger charge is 2.30. The molecule has 0 atom stereocenters. The standard InChI is InChI=1S/C15H19N5O3S/c1-2-19(12-6-4-3-5-7-12)15(21)11-24(22,23)10-14-16-17-18-20(14)13-8-9-13/h3-7,13H,2,8-11H2,1H3. The predicted molar refractivity (Wildman–Crippen MR) is 88.0 cm³/mol. The molecular formula is C15H19N5O3S. The van der Waals surface area contributed by atoms with E-state index in [2.05, 4.69) is 15.5 Å². The third-order valence-corrected chi connectivity index (χ3v) is 5.22. The fourth-order valence-corrected chi connectivity index (χ4v) is 3.75. The number of hydrogen-bond donors (Lipinski definition) is 0. The molecule has 0 spiro atoms. The number of hydrogen-bond acceptors (Lipinski definition) is 6. The number of sulfone groups is 1. The molecule has 1 aliphatic rings. The molecule has 8 nitrogen and oxygen atoms in total. The van der Waals surface area contributed by atoms with Crippen LogP contribution in [0.4, 0.5) is 5.69 Å². The maximum atomic E-state index is 12.4. The predicted octanol–water partition coefficient (Wildman–Crippen LogP) is 0.976. The summed E-state index contributed by atoms with van der Waals surface area (Å²) in [6.07, 6.45) is 1.91. The number of aromatic nitrogens is 4. The first kappa shape index (κ1) is 16.6. The summed E-state index contributed by atoms with van der Waals surface area (Å²) < 4.78 is 26.4. The van der Waals surface area contributed by atoms with Crippen LogP contribution in [-0.2, 0) is 20.4 Å². The Hall–Kier alpha value is -2.29. The van der Waals surface area contributed by atoms with Crippen molar-refractivity contribution in [3.8, 4) is 0 Å². The van der Waals surface area contributed by atoms with E-state index in [0.29, 0.717) is 18.1 Å². The minimum atomic E-state index is -3.65. The first-order valence-electron chi connectivity index (χ1n) is 7.83. The Morgan fingerprint density at radius 3 is 2.62 bits per heavy atom. The van der Waals surface area contributed by atoms with E-state index in [1.807, 2.05) is 25.1 Å². The van der Waals surface area contributed by atoms with Gasteiger partial charge in [-0.15, -0.1) is 5.10 Å². The Morgan fingerprint density at radius 1 is 1.29 bits per heavy atom. The van der Waals surface area contributed by atoms with Crippen molar-refractivity contribution < 1.29 is 13.2 Å². The number of nitrogens with zero attached hydrogens (tertiary/aromatic N) is 5. The minimum absolute atomic E-state index is 0.192. The lowest BCUT2D eigenvalue weighted by molar-refractivity contribution is -0.116. The molecule has 0 aliphatic heterocycles. The summed E-state index contributed by atoms with van der Waals surface area (Å²) in [7, 11) is -3.65. The molecule has 9 heteroatoms. The lowest BCUT2D eigenvalue weighted by Gasteiger charge is -2.20. The van der Waals surface area contributed by atoms with Crippen LogP contribution in [0.5, 0.6) is 0 Å². The van der Waals surface area contributed by atoms with Gasteiger partial charge in [0.15, 0.2) is 15.7 Å². The second-order valence-electron chi connectivity index (χ2n) is 5.78. The van der Waals surface area contributed by atoms with Gasteiger partial charge >= 0.3 is 0 Å². The Bertz CT molecular complexity index is 815. The number of carbonyl (C=O) groups is 1. The van der Waals surface area contributed by atoms with E-state index in [0.717, 1.165) is 12.8 Å². The molecule has 3 rings (SSSR count). The summed E-state index contributed by atoms with van der Waals surface area (Å²) in [6.45, 7) is 2.21.